The van der Waals surface area contributed by atoms with Crippen LogP contribution in [0.2, 0.25) is 5.15 Å². The van der Waals surface area contributed by atoms with Crippen molar-refractivity contribution in [2.45, 2.75) is 24.8 Å². The van der Waals surface area contributed by atoms with E-state index >= 15 is 0 Å². The summed E-state index contributed by atoms with van der Waals surface area (Å²) in [6.45, 7) is 0.112. The number of aliphatic hydroxyl groups is 1. The molecule has 2 N–H and O–H groups in total. The maximum atomic E-state index is 9.30. The summed E-state index contributed by atoms with van der Waals surface area (Å²) in [6, 6.07) is 0. The van der Waals surface area contributed by atoms with Crippen LogP contribution in [-0.4, -0.2) is 27.2 Å². The molecule has 1 aliphatic carbocycles. The molecule has 1 fully saturated rings. The van der Waals surface area contributed by atoms with E-state index in [-0.39, 0.29) is 12.1 Å². The molecular formula is C9H11BrClN3O. The van der Waals surface area contributed by atoms with Crippen LogP contribution < -0.4 is 5.32 Å². The molecule has 0 aliphatic heterocycles. The van der Waals surface area contributed by atoms with E-state index in [0.717, 1.165) is 19.3 Å². The zero-order chi connectivity index (χ0) is 10.9. The average Bonchev–Trinajstić information content (AvgIpc) is 2.18. The third-order valence-corrected chi connectivity index (χ3v) is 4.01. The predicted molar refractivity (Wildman–Crippen MR) is 62.0 cm³/mol. The van der Waals surface area contributed by atoms with Crippen molar-refractivity contribution in [3.63, 3.8) is 0 Å². The molecule has 0 atom stereocenters. The second-order valence-electron chi connectivity index (χ2n) is 3.74. The highest BCUT2D eigenvalue weighted by Gasteiger charge is 2.37. The number of anilines is 1. The van der Waals surface area contributed by atoms with Crippen LogP contribution in [-0.2, 0) is 0 Å². The molecule has 0 amide bonds. The van der Waals surface area contributed by atoms with E-state index in [9.17, 15) is 5.11 Å². The number of aliphatic hydroxyl groups excluding tert-OH is 1. The fourth-order valence-electron chi connectivity index (χ4n) is 1.61. The molecule has 1 heterocycles. The van der Waals surface area contributed by atoms with Gasteiger partial charge in [0.15, 0.2) is 0 Å². The minimum Gasteiger partial charge on any atom is -0.394 e. The maximum Gasteiger partial charge on any atom is 0.148 e. The molecule has 1 aromatic rings. The maximum absolute atomic E-state index is 9.30. The van der Waals surface area contributed by atoms with Crippen molar-refractivity contribution in [2.75, 3.05) is 11.9 Å². The van der Waals surface area contributed by atoms with Gasteiger partial charge in [-0.2, -0.15) is 0 Å². The molecule has 82 valence electrons. The van der Waals surface area contributed by atoms with Crippen molar-refractivity contribution in [3.8, 4) is 0 Å². The van der Waals surface area contributed by atoms with E-state index in [2.05, 4.69) is 31.2 Å². The Kier molecular flexibility index (Phi) is 3.13. The minimum atomic E-state index is -0.222. The Labute approximate surface area is 101 Å². The van der Waals surface area contributed by atoms with Crippen LogP contribution in [0.3, 0.4) is 0 Å². The van der Waals surface area contributed by atoms with Gasteiger partial charge in [-0.25, -0.2) is 9.97 Å². The van der Waals surface area contributed by atoms with Crippen LogP contribution in [0.25, 0.3) is 0 Å². The van der Waals surface area contributed by atoms with Crippen molar-refractivity contribution in [1.29, 1.82) is 0 Å². The summed E-state index contributed by atoms with van der Waals surface area (Å²) in [5, 5.41) is 12.9. The molecule has 0 saturated heterocycles. The highest BCUT2D eigenvalue weighted by Crippen LogP contribution is 2.37. The van der Waals surface area contributed by atoms with Gasteiger partial charge in [0.1, 0.15) is 17.3 Å². The van der Waals surface area contributed by atoms with Crippen LogP contribution in [0.1, 0.15) is 19.3 Å². The van der Waals surface area contributed by atoms with E-state index in [1.165, 1.54) is 6.33 Å². The van der Waals surface area contributed by atoms with Crippen molar-refractivity contribution < 1.29 is 5.11 Å². The summed E-state index contributed by atoms with van der Waals surface area (Å²) in [7, 11) is 0. The lowest BCUT2D eigenvalue weighted by molar-refractivity contribution is 0.143. The van der Waals surface area contributed by atoms with Crippen molar-refractivity contribution in [1.82, 2.24) is 9.97 Å². The molecule has 4 nitrogen and oxygen atoms in total. The fraction of sp³-hybridized carbons (Fsp3) is 0.556. The monoisotopic (exact) mass is 291 g/mol. The number of aromatic nitrogens is 2. The first-order chi connectivity index (χ1) is 7.17. The first-order valence-electron chi connectivity index (χ1n) is 4.72. The van der Waals surface area contributed by atoms with Gasteiger partial charge >= 0.3 is 0 Å². The summed E-state index contributed by atoms with van der Waals surface area (Å²) in [4.78, 5) is 7.93. The Morgan fingerprint density at radius 1 is 1.53 bits per heavy atom. The van der Waals surface area contributed by atoms with Crippen LogP contribution in [0, 0.1) is 0 Å². The van der Waals surface area contributed by atoms with Crippen LogP contribution >= 0.6 is 27.5 Å². The van der Waals surface area contributed by atoms with Gasteiger partial charge in [0, 0.05) is 0 Å². The molecule has 15 heavy (non-hydrogen) atoms. The largest absolute Gasteiger partial charge is 0.394 e. The fourth-order valence-corrected chi connectivity index (χ4v) is 2.05. The van der Waals surface area contributed by atoms with Gasteiger partial charge in [0.05, 0.1) is 16.6 Å². The topological polar surface area (TPSA) is 58.0 Å². The molecule has 0 unspecified atom stereocenters. The van der Waals surface area contributed by atoms with Crippen molar-refractivity contribution >= 4 is 33.3 Å². The summed E-state index contributed by atoms with van der Waals surface area (Å²) < 4.78 is 0.645. The second kappa shape index (κ2) is 4.23. The lowest BCUT2D eigenvalue weighted by Crippen LogP contribution is -2.48. The van der Waals surface area contributed by atoms with E-state index in [1.807, 2.05) is 0 Å². The molecule has 0 aromatic carbocycles. The van der Waals surface area contributed by atoms with Gasteiger partial charge in [-0.05, 0) is 35.2 Å². The SMILES string of the molecule is OCC1(Nc2ncnc(Cl)c2Br)CCC1. The number of rotatable bonds is 3. The zero-order valence-corrected chi connectivity index (χ0v) is 10.3. The Balaban J connectivity index is 2.20. The summed E-state index contributed by atoms with van der Waals surface area (Å²) in [5.41, 5.74) is -0.222. The summed E-state index contributed by atoms with van der Waals surface area (Å²) in [6.07, 6.45) is 4.44. The first-order valence-corrected chi connectivity index (χ1v) is 5.89. The molecule has 2 rings (SSSR count). The standard InChI is InChI=1S/C9H11BrClN3O/c10-6-7(11)12-5-13-8(6)14-9(4-15)2-1-3-9/h5,15H,1-4H2,(H,12,13,14). The molecule has 6 heteroatoms. The van der Waals surface area contributed by atoms with E-state index < -0.39 is 0 Å². The molecule has 0 spiro atoms. The number of nitrogens with one attached hydrogen (secondary N) is 1. The summed E-state index contributed by atoms with van der Waals surface area (Å²) in [5.74, 6) is 0.642. The van der Waals surface area contributed by atoms with Crippen molar-refractivity contribution in [3.05, 3.63) is 16.0 Å². The Bertz CT molecular complexity index is 365. The molecule has 1 aliphatic rings. The lowest BCUT2D eigenvalue weighted by Gasteiger charge is -2.41. The van der Waals surface area contributed by atoms with Crippen LogP contribution in [0.15, 0.2) is 10.8 Å². The Morgan fingerprint density at radius 2 is 2.27 bits per heavy atom. The van der Waals surface area contributed by atoms with Gasteiger partial charge in [0.25, 0.3) is 0 Å². The number of hydrogen-bond acceptors (Lipinski definition) is 4. The number of halogens is 2. The van der Waals surface area contributed by atoms with Crippen LogP contribution in [0.5, 0.6) is 0 Å². The van der Waals surface area contributed by atoms with E-state index in [1.54, 1.807) is 0 Å². The molecule has 1 saturated carbocycles. The number of hydrogen-bond donors (Lipinski definition) is 2. The van der Waals surface area contributed by atoms with Crippen LogP contribution in [0.4, 0.5) is 5.82 Å². The van der Waals surface area contributed by atoms with Gasteiger partial charge < -0.3 is 10.4 Å². The molecule has 0 bridgehead atoms. The third-order valence-electron chi connectivity index (χ3n) is 2.74. The first kappa shape index (κ1) is 11.1. The normalized spacial score (nSPS) is 18.3. The Hall–Kier alpha value is -0.390. The van der Waals surface area contributed by atoms with E-state index in [4.69, 9.17) is 11.6 Å². The van der Waals surface area contributed by atoms with Gasteiger partial charge in [-0.15, -0.1) is 0 Å². The second-order valence-corrected chi connectivity index (χ2v) is 4.90. The minimum absolute atomic E-state index is 0.112. The average molecular weight is 293 g/mol. The van der Waals surface area contributed by atoms with Crippen molar-refractivity contribution in [2.24, 2.45) is 0 Å². The van der Waals surface area contributed by atoms with E-state index in [0.29, 0.717) is 15.4 Å². The Morgan fingerprint density at radius 3 is 2.80 bits per heavy atom. The number of nitrogens with zero attached hydrogens (tertiary/aromatic N) is 2. The van der Waals surface area contributed by atoms with Gasteiger partial charge in [-0.3, -0.25) is 0 Å². The zero-order valence-electron chi connectivity index (χ0n) is 8.00. The molecular weight excluding hydrogens is 281 g/mol. The molecule has 1 aromatic heterocycles. The molecule has 0 radical (unpaired) electrons. The highest BCUT2D eigenvalue weighted by molar-refractivity contribution is 9.10. The predicted octanol–water partition coefficient (Wildman–Crippen LogP) is 2.22. The van der Waals surface area contributed by atoms with Gasteiger partial charge in [0.2, 0.25) is 0 Å². The highest BCUT2D eigenvalue weighted by atomic mass is 79.9. The van der Waals surface area contributed by atoms with Gasteiger partial charge in [-0.1, -0.05) is 11.6 Å². The third kappa shape index (κ3) is 2.09. The summed E-state index contributed by atoms with van der Waals surface area (Å²) >= 11 is 9.16. The lowest BCUT2D eigenvalue weighted by atomic mass is 9.77. The quantitative estimate of drug-likeness (QED) is 0.839. The smallest absolute Gasteiger partial charge is 0.148 e.